The minimum Gasteiger partial charge on any atom is -0.299 e. The van der Waals surface area contributed by atoms with Crippen LogP contribution in [0.25, 0.3) is 0 Å². The maximum atomic E-state index is 3.97. The predicted octanol–water partition coefficient (Wildman–Crippen LogP) is 2.85. The standard InChI is InChI=1S/C11H21N/c1-6-10(3)8-12(5)9-11(4)7-2/h3-4,6-9H2,1-2,5H3. The molecule has 0 unspecified atom stereocenters. The van der Waals surface area contributed by atoms with E-state index in [1.165, 1.54) is 11.1 Å². The molecule has 0 heterocycles. The van der Waals surface area contributed by atoms with E-state index in [9.17, 15) is 0 Å². The van der Waals surface area contributed by atoms with Crippen molar-refractivity contribution in [3.05, 3.63) is 24.3 Å². The molecule has 0 saturated heterocycles. The second kappa shape index (κ2) is 6.01. The van der Waals surface area contributed by atoms with Gasteiger partial charge in [0, 0.05) is 13.1 Å². The number of rotatable bonds is 6. The van der Waals surface area contributed by atoms with E-state index in [4.69, 9.17) is 0 Å². The van der Waals surface area contributed by atoms with Gasteiger partial charge in [0.2, 0.25) is 0 Å². The first-order chi connectivity index (χ1) is 5.60. The van der Waals surface area contributed by atoms with Crippen LogP contribution in [-0.4, -0.2) is 25.0 Å². The van der Waals surface area contributed by atoms with E-state index in [1.807, 2.05) is 0 Å². The molecule has 1 nitrogen and oxygen atoms in total. The minimum absolute atomic E-state index is 0.996. The molecular formula is C11H21N. The fraction of sp³-hybridized carbons (Fsp3) is 0.636. The molecule has 12 heavy (non-hydrogen) atoms. The molecule has 0 amide bonds. The first-order valence-corrected chi connectivity index (χ1v) is 4.62. The lowest BCUT2D eigenvalue weighted by Crippen LogP contribution is -2.22. The van der Waals surface area contributed by atoms with Crippen LogP contribution >= 0.6 is 0 Å². The predicted molar refractivity (Wildman–Crippen MR) is 56.4 cm³/mol. The number of nitrogens with zero attached hydrogens (tertiary/aromatic N) is 1. The largest absolute Gasteiger partial charge is 0.299 e. The van der Waals surface area contributed by atoms with Gasteiger partial charge in [0.1, 0.15) is 0 Å². The van der Waals surface area contributed by atoms with Gasteiger partial charge < -0.3 is 0 Å². The molecule has 0 saturated carbocycles. The minimum atomic E-state index is 0.996. The highest BCUT2D eigenvalue weighted by molar-refractivity contribution is 5.00. The number of hydrogen-bond acceptors (Lipinski definition) is 1. The van der Waals surface area contributed by atoms with Crippen LogP contribution in [0.3, 0.4) is 0 Å². The van der Waals surface area contributed by atoms with Crippen LogP contribution < -0.4 is 0 Å². The summed E-state index contributed by atoms with van der Waals surface area (Å²) in [6, 6.07) is 0. The Morgan fingerprint density at radius 1 is 1.00 bits per heavy atom. The molecule has 1 heteroatoms. The summed E-state index contributed by atoms with van der Waals surface area (Å²) < 4.78 is 0. The third kappa shape index (κ3) is 5.14. The summed E-state index contributed by atoms with van der Waals surface area (Å²) in [6.45, 7) is 14.2. The lowest BCUT2D eigenvalue weighted by atomic mass is 10.2. The fourth-order valence-electron chi connectivity index (χ4n) is 1.04. The summed E-state index contributed by atoms with van der Waals surface area (Å²) in [5.41, 5.74) is 2.59. The van der Waals surface area contributed by atoms with Gasteiger partial charge in [0.15, 0.2) is 0 Å². The Labute approximate surface area is 76.8 Å². The first kappa shape index (κ1) is 11.4. The van der Waals surface area contributed by atoms with Gasteiger partial charge >= 0.3 is 0 Å². The average molecular weight is 167 g/mol. The highest BCUT2D eigenvalue weighted by atomic mass is 15.1. The first-order valence-electron chi connectivity index (χ1n) is 4.62. The quantitative estimate of drug-likeness (QED) is 0.550. The summed E-state index contributed by atoms with van der Waals surface area (Å²) in [5.74, 6) is 0. The third-order valence-corrected chi connectivity index (χ3v) is 1.99. The number of hydrogen-bond donors (Lipinski definition) is 0. The van der Waals surface area contributed by atoms with Gasteiger partial charge in [-0.15, -0.1) is 0 Å². The Morgan fingerprint density at radius 3 is 1.58 bits per heavy atom. The van der Waals surface area contributed by atoms with E-state index in [2.05, 4.69) is 39.0 Å². The molecule has 0 aliphatic heterocycles. The van der Waals surface area contributed by atoms with E-state index < -0.39 is 0 Å². The molecule has 0 bridgehead atoms. The number of likely N-dealkylation sites (N-methyl/N-ethyl adjacent to an activating group) is 1. The van der Waals surface area contributed by atoms with Crippen LogP contribution in [0, 0.1) is 0 Å². The molecule has 0 aliphatic rings. The van der Waals surface area contributed by atoms with Crippen molar-refractivity contribution in [1.29, 1.82) is 0 Å². The van der Waals surface area contributed by atoms with Crippen molar-refractivity contribution in [2.75, 3.05) is 20.1 Å². The van der Waals surface area contributed by atoms with Gasteiger partial charge in [-0.25, -0.2) is 0 Å². The van der Waals surface area contributed by atoms with Crippen molar-refractivity contribution in [2.24, 2.45) is 0 Å². The van der Waals surface area contributed by atoms with Gasteiger partial charge in [-0.1, -0.05) is 38.2 Å². The topological polar surface area (TPSA) is 3.24 Å². The van der Waals surface area contributed by atoms with E-state index in [0.29, 0.717) is 0 Å². The zero-order valence-electron chi connectivity index (χ0n) is 8.69. The molecule has 0 spiro atoms. The summed E-state index contributed by atoms with van der Waals surface area (Å²) >= 11 is 0. The Kier molecular flexibility index (Phi) is 5.73. The molecule has 0 aromatic carbocycles. The van der Waals surface area contributed by atoms with Crippen molar-refractivity contribution in [3.63, 3.8) is 0 Å². The van der Waals surface area contributed by atoms with Crippen LogP contribution in [0.1, 0.15) is 26.7 Å². The molecule has 70 valence electrons. The lowest BCUT2D eigenvalue weighted by Gasteiger charge is -2.18. The van der Waals surface area contributed by atoms with Crippen LogP contribution in [0.2, 0.25) is 0 Å². The van der Waals surface area contributed by atoms with Crippen molar-refractivity contribution in [2.45, 2.75) is 26.7 Å². The van der Waals surface area contributed by atoms with Crippen LogP contribution in [0.15, 0.2) is 24.3 Å². The molecule has 0 rings (SSSR count). The molecule has 0 aromatic rings. The molecule has 0 atom stereocenters. The summed E-state index contributed by atoms with van der Waals surface area (Å²) in [5, 5.41) is 0. The molecule has 0 radical (unpaired) electrons. The van der Waals surface area contributed by atoms with Gasteiger partial charge in [-0.05, 0) is 19.9 Å². The van der Waals surface area contributed by atoms with Gasteiger partial charge in [-0.2, -0.15) is 0 Å². The Morgan fingerprint density at radius 2 is 1.33 bits per heavy atom. The van der Waals surface area contributed by atoms with Crippen LogP contribution in [-0.2, 0) is 0 Å². The van der Waals surface area contributed by atoms with Gasteiger partial charge in [-0.3, -0.25) is 4.90 Å². The molecular weight excluding hydrogens is 146 g/mol. The SMILES string of the molecule is C=C(CC)CN(C)CC(=C)CC. The zero-order chi connectivity index (χ0) is 9.56. The van der Waals surface area contributed by atoms with E-state index in [0.717, 1.165) is 25.9 Å². The molecule has 0 aromatic heterocycles. The van der Waals surface area contributed by atoms with Crippen molar-refractivity contribution in [1.82, 2.24) is 4.90 Å². The highest BCUT2D eigenvalue weighted by Crippen LogP contribution is 2.03. The zero-order valence-corrected chi connectivity index (χ0v) is 8.69. The Balaban J connectivity index is 3.66. The van der Waals surface area contributed by atoms with Gasteiger partial charge in [0.05, 0.1) is 0 Å². The van der Waals surface area contributed by atoms with Gasteiger partial charge in [0.25, 0.3) is 0 Å². The van der Waals surface area contributed by atoms with E-state index >= 15 is 0 Å². The van der Waals surface area contributed by atoms with Crippen LogP contribution in [0.4, 0.5) is 0 Å². The third-order valence-electron chi connectivity index (χ3n) is 1.99. The highest BCUT2D eigenvalue weighted by Gasteiger charge is 2.00. The lowest BCUT2D eigenvalue weighted by molar-refractivity contribution is 0.388. The van der Waals surface area contributed by atoms with E-state index in [1.54, 1.807) is 0 Å². The Hall–Kier alpha value is -0.560. The maximum Gasteiger partial charge on any atom is 0.0190 e. The summed E-state index contributed by atoms with van der Waals surface area (Å²) in [6.07, 6.45) is 2.14. The van der Waals surface area contributed by atoms with E-state index in [-0.39, 0.29) is 0 Å². The molecule has 0 aliphatic carbocycles. The average Bonchev–Trinajstić information content (AvgIpc) is 2.03. The van der Waals surface area contributed by atoms with Crippen LogP contribution in [0.5, 0.6) is 0 Å². The summed E-state index contributed by atoms with van der Waals surface area (Å²) in [4.78, 5) is 2.26. The monoisotopic (exact) mass is 167 g/mol. The fourth-order valence-corrected chi connectivity index (χ4v) is 1.04. The second-order valence-corrected chi connectivity index (χ2v) is 3.38. The van der Waals surface area contributed by atoms with Crippen molar-refractivity contribution in [3.8, 4) is 0 Å². The van der Waals surface area contributed by atoms with Crippen molar-refractivity contribution < 1.29 is 0 Å². The normalized spacial score (nSPS) is 10.3. The Bertz CT molecular complexity index is 140. The molecule has 0 N–H and O–H groups in total. The molecule has 0 fully saturated rings. The second-order valence-electron chi connectivity index (χ2n) is 3.38. The summed E-state index contributed by atoms with van der Waals surface area (Å²) in [7, 11) is 2.11. The smallest absolute Gasteiger partial charge is 0.0190 e. The van der Waals surface area contributed by atoms with Crippen molar-refractivity contribution >= 4 is 0 Å². The maximum absolute atomic E-state index is 3.97.